The molecule has 0 fully saturated rings. The minimum absolute atomic E-state index is 0.532. The van der Waals surface area contributed by atoms with Crippen molar-refractivity contribution in [3.05, 3.63) is 77.9 Å². The molecule has 0 atom stereocenters. The lowest BCUT2D eigenvalue weighted by Crippen LogP contribution is -2.34. The van der Waals surface area contributed by atoms with Crippen molar-refractivity contribution in [2.45, 2.75) is 27.2 Å². The van der Waals surface area contributed by atoms with Gasteiger partial charge in [-0.2, -0.15) is 4.57 Å². The molecule has 2 heteroatoms. The minimum atomic E-state index is 0.532. The standard InChI is InChI=1S/C29H26NO/c1-17(2)16-23-22-15-14-19-8-5-6-10-21(19)27(22)30(4)28-25-18(3)12-13-20-9-7-11-24(26(20)25)31-29(23)28/h5-15,17H,16H2,1-4H3/q+1. The summed E-state index contributed by atoms with van der Waals surface area (Å²) in [5.41, 5.74) is 6.38. The summed E-state index contributed by atoms with van der Waals surface area (Å²) in [6.07, 6.45) is 0.981. The molecule has 0 aliphatic carbocycles. The molecule has 5 aromatic rings. The molecule has 0 radical (unpaired) electrons. The molecule has 0 N–H and O–H groups in total. The molecule has 0 saturated carbocycles. The van der Waals surface area contributed by atoms with Gasteiger partial charge in [0.2, 0.25) is 11.3 Å². The molecule has 1 aliphatic rings. The molecule has 31 heavy (non-hydrogen) atoms. The highest BCUT2D eigenvalue weighted by molar-refractivity contribution is 6.09. The van der Waals surface area contributed by atoms with Gasteiger partial charge in [0.1, 0.15) is 12.8 Å². The van der Waals surface area contributed by atoms with Crippen LogP contribution in [0.5, 0.6) is 11.5 Å². The van der Waals surface area contributed by atoms with Crippen LogP contribution >= 0.6 is 0 Å². The van der Waals surface area contributed by atoms with Crippen molar-refractivity contribution in [1.82, 2.24) is 0 Å². The predicted molar refractivity (Wildman–Crippen MR) is 129 cm³/mol. The third kappa shape index (κ3) is 2.54. The Balaban J connectivity index is 1.87. The molecule has 2 heterocycles. The Kier molecular flexibility index (Phi) is 3.89. The van der Waals surface area contributed by atoms with Crippen molar-refractivity contribution >= 4 is 32.4 Å². The highest BCUT2D eigenvalue weighted by Gasteiger charge is 2.34. The lowest BCUT2D eigenvalue weighted by Gasteiger charge is -2.24. The van der Waals surface area contributed by atoms with Crippen LogP contribution in [0.4, 0.5) is 0 Å². The van der Waals surface area contributed by atoms with Gasteiger partial charge < -0.3 is 4.74 Å². The zero-order chi connectivity index (χ0) is 21.3. The highest BCUT2D eigenvalue weighted by atomic mass is 16.5. The average molecular weight is 405 g/mol. The normalized spacial score (nSPS) is 12.5. The Morgan fingerprint density at radius 3 is 2.45 bits per heavy atom. The van der Waals surface area contributed by atoms with Gasteiger partial charge in [-0.1, -0.05) is 62.4 Å². The largest absolute Gasteiger partial charge is 0.449 e. The predicted octanol–water partition coefficient (Wildman–Crippen LogP) is 7.25. The maximum atomic E-state index is 6.72. The Bertz CT molecular complexity index is 1530. The second-order valence-corrected chi connectivity index (χ2v) is 9.21. The van der Waals surface area contributed by atoms with Crippen LogP contribution in [0.1, 0.15) is 25.0 Å². The van der Waals surface area contributed by atoms with E-state index in [-0.39, 0.29) is 0 Å². The second-order valence-electron chi connectivity index (χ2n) is 9.21. The Labute approximate surface area is 182 Å². The maximum absolute atomic E-state index is 6.72. The van der Waals surface area contributed by atoms with Gasteiger partial charge >= 0.3 is 0 Å². The smallest absolute Gasteiger partial charge is 0.257 e. The second kappa shape index (κ2) is 6.55. The summed E-state index contributed by atoms with van der Waals surface area (Å²) in [6, 6.07) is 24.1. The summed E-state index contributed by atoms with van der Waals surface area (Å²) in [7, 11) is 2.20. The molecule has 0 bridgehead atoms. The van der Waals surface area contributed by atoms with Gasteiger partial charge in [0.15, 0.2) is 0 Å². The number of hydrogen-bond donors (Lipinski definition) is 0. The number of aromatic nitrogens is 1. The molecule has 0 spiro atoms. The molecule has 1 aromatic heterocycles. The first-order valence-corrected chi connectivity index (χ1v) is 11.1. The fourth-order valence-corrected chi connectivity index (χ4v) is 5.34. The molecule has 0 saturated heterocycles. The fraction of sp³-hybridized carbons (Fsp3) is 0.207. The lowest BCUT2D eigenvalue weighted by molar-refractivity contribution is -0.633. The molecule has 6 rings (SSSR count). The molecular formula is C29H26NO+. The average Bonchev–Trinajstić information content (AvgIpc) is 2.77. The number of ether oxygens (including phenoxy) is 1. The van der Waals surface area contributed by atoms with E-state index >= 15 is 0 Å². The Morgan fingerprint density at radius 2 is 1.61 bits per heavy atom. The van der Waals surface area contributed by atoms with Crippen molar-refractivity contribution in [2.75, 3.05) is 0 Å². The number of fused-ring (bicyclic) bond motifs is 5. The van der Waals surface area contributed by atoms with E-state index in [2.05, 4.69) is 99.1 Å². The van der Waals surface area contributed by atoms with Gasteiger partial charge in [0.25, 0.3) is 5.69 Å². The van der Waals surface area contributed by atoms with Crippen molar-refractivity contribution < 1.29 is 9.30 Å². The summed E-state index contributed by atoms with van der Waals surface area (Å²) in [6.45, 7) is 6.79. The molecule has 4 aromatic carbocycles. The van der Waals surface area contributed by atoms with Gasteiger partial charge in [0.05, 0.1) is 16.3 Å². The number of hydrogen-bond acceptors (Lipinski definition) is 1. The number of pyridine rings is 1. The first-order valence-electron chi connectivity index (χ1n) is 11.1. The van der Waals surface area contributed by atoms with Crippen molar-refractivity contribution in [3.63, 3.8) is 0 Å². The zero-order valence-corrected chi connectivity index (χ0v) is 18.5. The molecule has 0 amide bonds. The molecule has 152 valence electrons. The van der Waals surface area contributed by atoms with E-state index in [1.165, 1.54) is 54.8 Å². The SMILES string of the molecule is Cc1ccc2cccc3c2c1-c1c(c(CC(C)C)c2ccc4ccccc4c2[n+]1C)O3. The number of nitrogens with zero attached hydrogens (tertiary/aromatic N) is 1. The topological polar surface area (TPSA) is 13.1 Å². The monoisotopic (exact) mass is 404 g/mol. The van der Waals surface area contributed by atoms with E-state index in [9.17, 15) is 0 Å². The summed E-state index contributed by atoms with van der Waals surface area (Å²) in [5, 5.41) is 6.30. The third-order valence-electron chi connectivity index (χ3n) is 6.66. The van der Waals surface area contributed by atoms with Crippen molar-refractivity contribution in [3.8, 4) is 22.8 Å². The molecular weight excluding hydrogens is 378 g/mol. The van der Waals surface area contributed by atoms with Crippen LogP contribution in [0.25, 0.3) is 43.7 Å². The van der Waals surface area contributed by atoms with E-state index in [0.717, 1.165) is 17.9 Å². The van der Waals surface area contributed by atoms with Gasteiger partial charge in [-0.05, 0) is 53.8 Å². The quantitative estimate of drug-likeness (QED) is 0.219. The zero-order valence-electron chi connectivity index (χ0n) is 18.5. The van der Waals surface area contributed by atoms with E-state index in [1.54, 1.807) is 0 Å². The van der Waals surface area contributed by atoms with Gasteiger partial charge in [0, 0.05) is 10.9 Å². The summed E-state index contributed by atoms with van der Waals surface area (Å²) in [5.74, 6) is 2.52. The van der Waals surface area contributed by atoms with Crippen LogP contribution in [-0.4, -0.2) is 0 Å². The number of rotatable bonds is 2. The minimum Gasteiger partial charge on any atom is -0.449 e. The van der Waals surface area contributed by atoms with Crippen LogP contribution in [0.3, 0.4) is 0 Å². The molecule has 2 nitrogen and oxygen atoms in total. The molecule has 0 unspecified atom stereocenters. The van der Waals surface area contributed by atoms with Crippen molar-refractivity contribution in [1.29, 1.82) is 0 Å². The maximum Gasteiger partial charge on any atom is 0.257 e. The summed E-state index contributed by atoms with van der Waals surface area (Å²) < 4.78 is 9.09. The van der Waals surface area contributed by atoms with Crippen LogP contribution < -0.4 is 9.30 Å². The number of benzene rings is 4. The Hall–Kier alpha value is -3.39. The molecule has 1 aliphatic heterocycles. The van der Waals surface area contributed by atoms with Crippen LogP contribution in [0, 0.1) is 12.8 Å². The number of aryl methyl sites for hydroxylation is 2. The van der Waals surface area contributed by atoms with E-state index in [0.29, 0.717) is 5.92 Å². The van der Waals surface area contributed by atoms with Gasteiger partial charge in [-0.15, -0.1) is 0 Å². The van der Waals surface area contributed by atoms with Gasteiger partial charge in [-0.3, -0.25) is 0 Å². The summed E-state index contributed by atoms with van der Waals surface area (Å²) in [4.78, 5) is 0. The highest BCUT2D eigenvalue weighted by Crippen LogP contribution is 2.49. The third-order valence-corrected chi connectivity index (χ3v) is 6.66. The van der Waals surface area contributed by atoms with E-state index < -0.39 is 0 Å². The van der Waals surface area contributed by atoms with Crippen LogP contribution in [0.2, 0.25) is 0 Å². The lowest BCUT2D eigenvalue weighted by atomic mass is 9.89. The first-order chi connectivity index (χ1) is 15.0. The Morgan fingerprint density at radius 1 is 0.839 bits per heavy atom. The van der Waals surface area contributed by atoms with Gasteiger partial charge in [-0.25, -0.2) is 0 Å². The van der Waals surface area contributed by atoms with Crippen molar-refractivity contribution in [2.24, 2.45) is 13.0 Å². The van der Waals surface area contributed by atoms with E-state index in [4.69, 9.17) is 4.74 Å². The first kappa shape index (κ1) is 18.4. The van der Waals surface area contributed by atoms with Crippen LogP contribution in [-0.2, 0) is 13.5 Å². The fourth-order valence-electron chi connectivity index (χ4n) is 5.34. The summed E-state index contributed by atoms with van der Waals surface area (Å²) >= 11 is 0. The van der Waals surface area contributed by atoms with Crippen LogP contribution in [0.15, 0.2) is 66.7 Å². The van der Waals surface area contributed by atoms with E-state index in [1.807, 2.05) is 0 Å².